The van der Waals surface area contributed by atoms with Crippen molar-refractivity contribution >= 4 is 52.2 Å². The summed E-state index contributed by atoms with van der Waals surface area (Å²) in [5.74, 6) is -1.58. The summed E-state index contributed by atoms with van der Waals surface area (Å²) in [6.07, 6.45) is 1.53. The van der Waals surface area contributed by atoms with Crippen LogP contribution in [0.5, 0.6) is 17.2 Å². The van der Waals surface area contributed by atoms with Crippen LogP contribution >= 0.6 is 24.0 Å². The van der Waals surface area contributed by atoms with Gasteiger partial charge in [-0.15, -0.1) is 0 Å². The number of rotatable bonds is 6. The van der Waals surface area contributed by atoms with Crippen LogP contribution in [0.15, 0.2) is 17.0 Å². The summed E-state index contributed by atoms with van der Waals surface area (Å²) in [6, 6.07) is 3.12. The molecule has 26 heavy (non-hydrogen) atoms. The normalized spacial score (nSPS) is 15.3. The number of hydrogen-bond acceptors (Lipinski definition) is 8. The third kappa shape index (κ3) is 4.33. The van der Waals surface area contributed by atoms with E-state index in [1.54, 1.807) is 12.1 Å². The van der Waals surface area contributed by atoms with Crippen molar-refractivity contribution in [3.05, 3.63) is 22.6 Å². The fraction of sp³-hybridized carbons (Fsp3) is 0.250. The number of thioether (sulfide) groups is 1. The van der Waals surface area contributed by atoms with Gasteiger partial charge in [-0.1, -0.05) is 24.0 Å². The zero-order chi connectivity index (χ0) is 19.4. The number of esters is 1. The Labute approximate surface area is 158 Å². The minimum atomic E-state index is -1.16. The minimum Gasteiger partial charge on any atom is -0.493 e. The molecule has 0 spiro atoms. The van der Waals surface area contributed by atoms with Gasteiger partial charge in [0.25, 0.3) is 5.91 Å². The summed E-state index contributed by atoms with van der Waals surface area (Å²) in [5, 5.41) is 8.87. The van der Waals surface area contributed by atoms with Gasteiger partial charge in [0.15, 0.2) is 11.5 Å². The van der Waals surface area contributed by atoms with Crippen molar-refractivity contribution in [3.8, 4) is 17.2 Å². The summed E-state index contributed by atoms with van der Waals surface area (Å²) in [6.45, 7) is 0.751. The van der Waals surface area contributed by atoms with Crippen LogP contribution in [0.25, 0.3) is 6.08 Å². The summed E-state index contributed by atoms with van der Waals surface area (Å²) < 4.78 is 15.7. The topological polar surface area (TPSA) is 102 Å². The maximum Gasteiger partial charge on any atom is 0.323 e. The van der Waals surface area contributed by atoms with Gasteiger partial charge >= 0.3 is 11.9 Å². The lowest BCUT2D eigenvalue weighted by atomic mass is 10.1. The van der Waals surface area contributed by atoms with Gasteiger partial charge in [0.05, 0.1) is 19.1 Å². The van der Waals surface area contributed by atoms with Crippen LogP contribution in [-0.2, 0) is 14.4 Å². The number of benzene rings is 1. The minimum absolute atomic E-state index is 0.123. The summed E-state index contributed by atoms with van der Waals surface area (Å²) in [4.78, 5) is 35.7. The molecule has 2 rings (SSSR count). The SMILES string of the molecule is COc1cc(C=C2SC(=S)N(CC(=O)O)C2=O)cc(OC)c1OC(C)=O. The highest BCUT2D eigenvalue weighted by Crippen LogP contribution is 2.40. The number of methoxy groups -OCH3 is 2. The molecular formula is C16H15NO7S2. The van der Waals surface area contributed by atoms with E-state index in [4.69, 9.17) is 31.5 Å². The maximum atomic E-state index is 12.3. The monoisotopic (exact) mass is 397 g/mol. The van der Waals surface area contributed by atoms with Crippen molar-refractivity contribution < 1.29 is 33.7 Å². The zero-order valence-electron chi connectivity index (χ0n) is 14.1. The lowest BCUT2D eigenvalue weighted by Crippen LogP contribution is -2.33. The van der Waals surface area contributed by atoms with Crippen LogP contribution in [0.2, 0.25) is 0 Å². The first-order valence-electron chi connectivity index (χ1n) is 7.18. The molecule has 1 saturated heterocycles. The molecule has 1 fully saturated rings. The van der Waals surface area contributed by atoms with E-state index in [0.29, 0.717) is 5.56 Å². The van der Waals surface area contributed by atoms with Gasteiger partial charge in [-0.2, -0.15) is 0 Å². The smallest absolute Gasteiger partial charge is 0.323 e. The molecule has 138 valence electrons. The van der Waals surface area contributed by atoms with Crippen LogP contribution in [0.4, 0.5) is 0 Å². The van der Waals surface area contributed by atoms with E-state index in [0.717, 1.165) is 16.7 Å². The molecule has 0 bridgehead atoms. The van der Waals surface area contributed by atoms with Crippen LogP contribution in [0, 0.1) is 0 Å². The Bertz CT molecular complexity index is 794. The molecule has 0 radical (unpaired) electrons. The van der Waals surface area contributed by atoms with Crippen molar-refractivity contribution in [2.45, 2.75) is 6.92 Å². The number of thiocarbonyl (C=S) groups is 1. The Morgan fingerprint density at radius 3 is 2.31 bits per heavy atom. The molecule has 10 heteroatoms. The Hall–Kier alpha value is -2.59. The number of nitrogens with zero attached hydrogens (tertiary/aromatic N) is 1. The number of amides is 1. The zero-order valence-corrected chi connectivity index (χ0v) is 15.7. The number of carbonyl (C=O) groups is 3. The molecule has 0 aliphatic carbocycles. The molecule has 1 aliphatic rings. The van der Waals surface area contributed by atoms with Crippen LogP contribution in [-0.4, -0.2) is 52.9 Å². The van der Waals surface area contributed by atoms with Crippen molar-refractivity contribution in [1.82, 2.24) is 4.90 Å². The molecule has 1 N–H and O–H groups in total. The van der Waals surface area contributed by atoms with E-state index in [-0.39, 0.29) is 26.5 Å². The average Bonchev–Trinajstić information content (AvgIpc) is 2.82. The third-order valence-corrected chi connectivity index (χ3v) is 4.57. The standard InChI is InChI=1S/C16H15NO7S2/c1-8(18)24-14-10(22-2)4-9(5-11(14)23-3)6-12-15(21)17(7-13(19)20)16(25)26-12/h4-6H,7H2,1-3H3,(H,19,20). The molecule has 0 atom stereocenters. The maximum absolute atomic E-state index is 12.3. The second-order valence-corrected chi connectivity index (χ2v) is 6.69. The number of aliphatic carboxylic acids is 1. The van der Waals surface area contributed by atoms with Crippen LogP contribution < -0.4 is 14.2 Å². The predicted octanol–water partition coefficient (Wildman–Crippen LogP) is 1.91. The van der Waals surface area contributed by atoms with Crippen molar-refractivity contribution in [3.63, 3.8) is 0 Å². The lowest BCUT2D eigenvalue weighted by Gasteiger charge is -2.13. The first-order valence-corrected chi connectivity index (χ1v) is 8.41. The van der Waals surface area contributed by atoms with Crippen molar-refractivity contribution in [2.24, 2.45) is 0 Å². The summed E-state index contributed by atoms with van der Waals surface area (Å²) in [5.41, 5.74) is 0.533. The first kappa shape index (κ1) is 19.7. The molecule has 0 aromatic heterocycles. The Morgan fingerprint density at radius 1 is 1.27 bits per heavy atom. The van der Waals surface area contributed by atoms with Gasteiger partial charge in [-0.05, 0) is 23.8 Å². The number of carboxylic acids is 1. The molecule has 0 unspecified atom stereocenters. The number of carbonyl (C=O) groups excluding carboxylic acids is 2. The van der Waals surface area contributed by atoms with Gasteiger partial charge in [-0.3, -0.25) is 19.3 Å². The number of ether oxygens (including phenoxy) is 3. The highest BCUT2D eigenvalue weighted by atomic mass is 32.2. The number of carboxylic acid groups (broad SMARTS) is 1. The lowest BCUT2D eigenvalue weighted by molar-refractivity contribution is -0.140. The highest BCUT2D eigenvalue weighted by molar-refractivity contribution is 8.26. The van der Waals surface area contributed by atoms with Gasteiger partial charge in [0.1, 0.15) is 10.9 Å². The van der Waals surface area contributed by atoms with E-state index in [1.165, 1.54) is 27.2 Å². The van der Waals surface area contributed by atoms with Crippen LogP contribution in [0.1, 0.15) is 12.5 Å². The van der Waals surface area contributed by atoms with Crippen molar-refractivity contribution in [1.29, 1.82) is 0 Å². The third-order valence-electron chi connectivity index (χ3n) is 3.19. The second-order valence-electron chi connectivity index (χ2n) is 5.01. The highest BCUT2D eigenvalue weighted by Gasteiger charge is 2.33. The molecule has 1 amide bonds. The molecule has 1 aromatic carbocycles. The first-order chi connectivity index (χ1) is 12.3. The fourth-order valence-corrected chi connectivity index (χ4v) is 3.41. The van der Waals surface area contributed by atoms with E-state index >= 15 is 0 Å². The van der Waals surface area contributed by atoms with E-state index < -0.39 is 24.4 Å². The second kappa shape index (κ2) is 8.19. The Balaban J connectivity index is 2.41. The van der Waals surface area contributed by atoms with E-state index in [1.807, 2.05) is 0 Å². The van der Waals surface area contributed by atoms with Gasteiger partial charge < -0.3 is 19.3 Å². The molecule has 0 saturated carbocycles. The molecule has 1 aliphatic heterocycles. The quantitative estimate of drug-likeness (QED) is 0.334. The van der Waals surface area contributed by atoms with Crippen molar-refractivity contribution in [2.75, 3.05) is 20.8 Å². The predicted molar refractivity (Wildman–Crippen MR) is 98.4 cm³/mol. The summed E-state index contributed by atoms with van der Waals surface area (Å²) >= 11 is 6.05. The molecule has 1 aromatic rings. The molecule has 8 nitrogen and oxygen atoms in total. The fourth-order valence-electron chi connectivity index (χ4n) is 2.15. The molecule has 1 heterocycles. The van der Waals surface area contributed by atoms with Gasteiger partial charge in [0, 0.05) is 6.92 Å². The Morgan fingerprint density at radius 2 is 1.85 bits per heavy atom. The molecular weight excluding hydrogens is 382 g/mol. The Kier molecular flexibility index (Phi) is 6.22. The summed E-state index contributed by atoms with van der Waals surface area (Å²) in [7, 11) is 2.80. The van der Waals surface area contributed by atoms with Crippen LogP contribution in [0.3, 0.4) is 0 Å². The van der Waals surface area contributed by atoms with Gasteiger partial charge in [0.2, 0.25) is 5.75 Å². The largest absolute Gasteiger partial charge is 0.493 e. The average molecular weight is 397 g/mol. The van der Waals surface area contributed by atoms with E-state index in [2.05, 4.69) is 0 Å². The van der Waals surface area contributed by atoms with E-state index in [9.17, 15) is 14.4 Å². The number of hydrogen-bond donors (Lipinski definition) is 1. The van der Waals surface area contributed by atoms with Gasteiger partial charge in [-0.25, -0.2) is 0 Å².